The summed E-state index contributed by atoms with van der Waals surface area (Å²) in [5, 5.41) is 0.766. The summed E-state index contributed by atoms with van der Waals surface area (Å²) in [6, 6.07) is 4.82. The molecule has 2 aromatic rings. The highest BCUT2D eigenvalue weighted by Crippen LogP contribution is 2.23. The minimum atomic E-state index is -0.485. The van der Waals surface area contributed by atoms with E-state index in [1.54, 1.807) is 24.3 Å². The van der Waals surface area contributed by atoms with Crippen LogP contribution in [0.3, 0.4) is 0 Å². The lowest BCUT2D eigenvalue weighted by atomic mass is 10.3. The van der Waals surface area contributed by atoms with Crippen molar-refractivity contribution in [3.63, 3.8) is 0 Å². The van der Waals surface area contributed by atoms with Gasteiger partial charge in [0.25, 0.3) is 0 Å². The van der Waals surface area contributed by atoms with Crippen LogP contribution >= 0.6 is 23.2 Å². The van der Waals surface area contributed by atoms with Gasteiger partial charge in [0.15, 0.2) is 0 Å². The number of rotatable bonds is 5. The zero-order valence-corrected chi connectivity index (χ0v) is 11.8. The lowest BCUT2D eigenvalue weighted by Crippen LogP contribution is -2.28. The standard InChI is InChI=1S/C12H11Cl2N5O/c1-2-5-16-18-11-15-7-19(12(20)17-11)8-3-4-9(13)10(14)6-8/h2-4,6-7,16H,1,5H2,(H,17,18,20). The molecule has 20 heavy (non-hydrogen) atoms. The summed E-state index contributed by atoms with van der Waals surface area (Å²) < 4.78 is 1.26. The van der Waals surface area contributed by atoms with Crippen molar-refractivity contribution in [1.29, 1.82) is 0 Å². The summed E-state index contributed by atoms with van der Waals surface area (Å²) in [5.74, 6) is 0.174. The van der Waals surface area contributed by atoms with Crippen molar-refractivity contribution in [2.75, 3.05) is 12.0 Å². The quantitative estimate of drug-likeness (QED) is 0.502. The normalized spacial score (nSPS) is 10.3. The molecule has 0 aliphatic heterocycles. The van der Waals surface area contributed by atoms with Crippen LogP contribution in [0.2, 0.25) is 10.0 Å². The van der Waals surface area contributed by atoms with E-state index in [1.165, 1.54) is 10.9 Å². The lowest BCUT2D eigenvalue weighted by molar-refractivity contribution is 0.816. The maximum atomic E-state index is 11.9. The van der Waals surface area contributed by atoms with Gasteiger partial charge < -0.3 is 0 Å². The van der Waals surface area contributed by atoms with Gasteiger partial charge in [-0.25, -0.2) is 15.2 Å². The first-order chi connectivity index (χ1) is 9.61. The van der Waals surface area contributed by atoms with Crippen LogP contribution in [0.1, 0.15) is 0 Å². The number of aromatic nitrogens is 3. The van der Waals surface area contributed by atoms with E-state index in [9.17, 15) is 4.79 Å². The molecule has 2 rings (SSSR count). The molecule has 0 amide bonds. The number of hydrazine groups is 1. The van der Waals surface area contributed by atoms with Crippen LogP contribution in [0.5, 0.6) is 0 Å². The average Bonchev–Trinajstić information content (AvgIpc) is 2.43. The first kappa shape index (κ1) is 14.5. The van der Waals surface area contributed by atoms with Gasteiger partial charge in [0.1, 0.15) is 6.33 Å². The Kier molecular flexibility index (Phi) is 4.73. The average molecular weight is 312 g/mol. The van der Waals surface area contributed by atoms with E-state index in [4.69, 9.17) is 23.2 Å². The molecule has 1 aromatic heterocycles. The van der Waals surface area contributed by atoms with Gasteiger partial charge in [-0.05, 0) is 18.2 Å². The Labute approximate surface area is 125 Å². The second-order valence-corrected chi connectivity index (χ2v) is 4.54. The molecule has 1 heterocycles. The van der Waals surface area contributed by atoms with Crippen LogP contribution in [-0.4, -0.2) is 21.1 Å². The molecule has 0 saturated carbocycles. The van der Waals surface area contributed by atoms with E-state index >= 15 is 0 Å². The van der Waals surface area contributed by atoms with Crippen molar-refractivity contribution >= 4 is 29.2 Å². The van der Waals surface area contributed by atoms with Crippen molar-refractivity contribution in [3.05, 3.63) is 57.7 Å². The van der Waals surface area contributed by atoms with E-state index in [2.05, 4.69) is 27.4 Å². The molecule has 0 aliphatic rings. The molecular formula is C12H11Cl2N5O. The van der Waals surface area contributed by atoms with Crippen molar-refractivity contribution in [2.24, 2.45) is 0 Å². The Bertz CT molecular complexity index is 686. The largest absolute Gasteiger partial charge is 0.356 e. The topological polar surface area (TPSA) is 71.8 Å². The monoisotopic (exact) mass is 311 g/mol. The predicted octanol–water partition coefficient (Wildman–Crippen LogP) is 2.04. The Balaban J connectivity index is 2.27. The van der Waals surface area contributed by atoms with Crippen molar-refractivity contribution in [1.82, 2.24) is 20.0 Å². The van der Waals surface area contributed by atoms with Gasteiger partial charge in [-0.3, -0.25) is 9.99 Å². The van der Waals surface area contributed by atoms with Crippen LogP contribution in [0.15, 0.2) is 42.0 Å². The van der Waals surface area contributed by atoms with Crippen molar-refractivity contribution in [3.8, 4) is 5.69 Å². The predicted molar refractivity (Wildman–Crippen MR) is 79.5 cm³/mol. The van der Waals surface area contributed by atoms with Gasteiger partial charge in [-0.15, -0.1) is 6.58 Å². The molecule has 1 aromatic carbocycles. The molecule has 0 radical (unpaired) electrons. The van der Waals surface area contributed by atoms with Crippen LogP contribution in [0.4, 0.5) is 5.95 Å². The highest BCUT2D eigenvalue weighted by atomic mass is 35.5. The van der Waals surface area contributed by atoms with Gasteiger partial charge in [0.05, 0.1) is 15.7 Å². The van der Waals surface area contributed by atoms with E-state index in [0.717, 1.165) is 0 Å². The summed E-state index contributed by atoms with van der Waals surface area (Å²) in [4.78, 5) is 19.7. The van der Waals surface area contributed by atoms with Crippen molar-refractivity contribution < 1.29 is 0 Å². The van der Waals surface area contributed by atoms with Gasteiger partial charge in [0, 0.05) is 6.54 Å². The second-order valence-electron chi connectivity index (χ2n) is 3.73. The Morgan fingerprint density at radius 3 is 2.80 bits per heavy atom. The number of hydrogen-bond acceptors (Lipinski definition) is 5. The molecule has 2 N–H and O–H groups in total. The van der Waals surface area contributed by atoms with E-state index in [0.29, 0.717) is 22.3 Å². The molecule has 0 spiro atoms. The van der Waals surface area contributed by atoms with Gasteiger partial charge in [-0.1, -0.05) is 29.3 Å². The highest BCUT2D eigenvalue weighted by molar-refractivity contribution is 6.42. The van der Waals surface area contributed by atoms with Gasteiger partial charge >= 0.3 is 5.69 Å². The molecule has 8 heteroatoms. The zero-order chi connectivity index (χ0) is 14.5. The Hall–Kier alpha value is -1.89. The van der Waals surface area contributed by atoms with Crippen LogP contribution in [-0.2, 0) is 0 Å². The molecule has 0 unspecified atom stereocenters. The maximum absolute atomic E-state index is 11.9. The fourth-order valence-electron chi connectivity index (χ4n) is 1.41. The molecule has 104 valence electrons. The molecular weight excluding hydrogens is 301 g/mol. The third kappa shape index (κ3) is 3.36. The lowest BCUT2D eigenvalue weighted by Gasteiger charge is -2.07. The third-order valence-electron chi connectivity index (χ3n) is 2.33. The second kappa shape index (κ2) is 6.51. The van der Waals surface area contributed by atoms with E-state index < -0.39 is 5.69 Å². The zero-order valence-electron chi connectivity index (χ0n) is 10.3. The molecule has 0 saturated heterocycles. The number of benzene rings is 1. The summed E-state index contributed by atoms with van der Waals surface area (Å²) in [5.41, 5.74) is 5.51. The van der Waals surface area contributed by atoms with E-state index in [-0.39, 0.29) is 5.95 Å². The Morgan fingerprint density at radius 1 is 1.35 bits per heavy atom. The molecule has 0 aliphatic carbocycles. The SMILES string of the molecule is C=CCNNc1ncn(-c2ccc(Cl)c(Cl)c2)c(=O)n1. The number of halogens is 2. The van der Waals surface area contributed by atoms with Crippen molar-refractivity contribution in [2.45, 2.75) is 0 Å². The molecule has 0 atom stereocenters. The molecule has 6 nitrogen and oxygen atoms in total. The minimum Gasteiger partial charge on any atom is -0.289 e. The van der Waals surface area contributed by atoms with Gasteiger partial charge in [-0.2, -0.15) is 4.98 Å². The molecule has 0 fully saturated rings. The number of anilines is 1. The maximum Gasteiger partial charge on any atom is 0.356 e. The first-order valence-electron chi connectivity index (χ1n) is 5.62. The first-order valence-corrected chi connectivity index (χ1v) is 6.38. The fraction of sp³-hybridized carbons (Fsp3) is 0.0833. The molecule has 0 bridgehead atoms. The number of nitrogens with one attached hydrogen (secondary N) is 2. The number of nitrogens with zero attached hydrogens (tertiary/aromatic N) is 3. The highest BCUT2D eigenvalue weighted by Gasteiger charge is 2.06. The number of hydrogen-bond donors (Lipinski definition) is 2. The van der Waals surface area contributed by atoms with Crippen LogP contribution in [0, 0.1) is 0 Å². The van der Waals surface area contributed by atoms with Crippen LogP contribution in [0.25, 0.3) is 5.69 Å². The fourth-order valence-corrected chi connectivity index (χ4v) is 1.70. The Morgan fingerprint density at radius 2 is 2.15 bits per heavy atom. The summed E-state index contributed by atoms with van der Waals surface area (Å²) in [6.07, 6.45) is 3.01. The van der Waals surface area contributed by atoms with Gasteiger partial charge in [0.2, 0.25) is 5.95 Å². The van der Waals surface area contributed by atoms with E-state index in [1.807, 2.05) is 0 Å². The van der Waals surface area contributed by atoms with Crippen LogP contribution < -0.4 is 16.5 Å². The summed E-state index contributed by atoms with van der Waals surface area (Å²) >= 11 is 11.7. The third-order valence-corrected chi connectivity index (χ3v) is 3.07. The smallest absolute Gasteiger partial charge is 0.289 e. The summed E-state index contributed by atoms with van der Waals surface area (Å²) in [6.45, 7) is 4.06. The minimum absolute atomic E-state index is 0.174. The summed E-state index contributed by atoms with van der Waals surface area (Å²) in [7, 11) is 0.